The quantitative estimate of drug-likeness (QED) is 0.740. The zero-order valence-corrected chi connectivity index (χ0v) is 16.6. The van der Waals surface area contributed by atoms with E-state index in [4.69, 9.17) is 0 Å². The first-order chi connectivity index (χ1) is 12.8. The van der Waals surface area contributed by atoms with Crippen molar-refractivity contribution in [2.75, 3.05) is 6.54 Å². The molecule has 3 rings (SSSR count). The first kappa shape index (κ1) is 19.8. The van der Waals surface area contributed by atoms with Crippen molar-refractivity contribution < 1.29 is 13.6 Å². The lowest BCUT2D eigenvalue weighted by atomic mass is 9.98. The highest BCUT2D eigenvalue weighted by Gasteiger charge is 2.25. The second-order valence-corrected chi connectivity index (χ2v) is 8.11. The zero-order valence-electron chi connectivity index (χ0n) is 15.8. The van der Waals surface area contributed by atoms with Crippen LogP contribution in [0.1, 0.15) is 43.5 Å². The van der Waals surface area contributed by atoms with E-state index in [0.717, 1.165) is 16.0 Å². The molecule has 3 nitrogen and oxygen atoms in total. The minimum atomic E-state index is -0.271. The smallest absolute Gasteiger partial charge is 0.225 e. The van der Waals surface area contributed by atoms with Crippen LogP contribution in [0.2, 0.25) is 0 Å². The van der Waals surface area contributed by atoms with Crippen molar-refractivity contribution in [1.82, 2.24) is 9.62 Å². The Hall–Kier alpha value is -1.92. The highest BCUT2D eigenvalue weighted by molar-refractivity contribution is 7.97. The van der Waals surface area contributed by atoms with Gasteiger partial charge in [0.2, 0.25) is 5.91 Å². The van der Waals surface area contributed by atoms with Crippen LogP contribution in [0.5, 0.6) is 0 Å². The maximum Gasteiger partial charge on any atom is 0.225 e. The SMILES string of the molecule is CC(C)C(=O)N1CCc2cc(SN[C@@H](C)c3ccc(F)cc3)cc(F)c2C1. The first-order valence-electron chi connectivity index (χ1n) is 9.13. The van der Waals surface area contributed by atoms with Crippen LogP contribution in [0, 0.1) is 17.6 Å². The largest absolute Gasteiger partial charge is 0.338 e. The van der Waals surface area contributed by atoms with Crippen molar-refractivity contribution in [2.45, 2.75) is 44.7 Å². The van der Waals surface area contributed by atoms with E-state index in [1.807, 2.05) is 26.8 Å². The average Bonchev–Trinajstić information content (AvgIpc) is 2.65. The molecule has 2 aromatic rings. The molecule has 0 radical (unpaired) electrons. The Morgan fingerprint density at radius 1 is 1.15 bits per heavy atom. The molecule has 1 heterocycles. The number of carbonyl (C=O) groups is 1. The molecule has 1 aliphatic heterocycles. The molecular weight excluding hydrogens is 366 g/mol. The van der Waals surface area contributed by atoms with Crippen molar-refractivity contribution in [3.8, 4) is 0 Å². The fraction of sp³-hybridized carbons (Fsp3) is 0.381. The van der Waals surface area contributed by atoms with Crippen LogP contribution in [-0.2, 0) is 17.8 Å². The van der Waals surface area contributed by atoms with Crippen LogP contribution in [0.15, 0.2) is 41.3 Å². The molecule has 0 saturated heterocycles. The van der Waals surface area contributed by atoms with E-state index < -0.39 is 0 Å². The summed E-state index contributed by atoms with van der Waals surface area (Å²) in [4.78, 5) is 14.7. The molecular formula is C21H24F2N2OS. The molecule has 27 heavy (non-hydrogen) atoms. The Morgan fingerprint density at radius 3 is 2.52 bits per heavy atom. The highest BCUT2D eigenvalue weighted by atomic mass is 32.2. The van der Waals surface area contributed by atoms with E-state index in [0.29, 0.717) is 25.1 Å². The van der Waals surface area contributed by atoms with E-state index in [1.165, 1.54) is 30.1 Å². The number of fused-ring (bicyclic) bond motifs is 1. The first-order valence-corrected chi connectivity index (χ1v) is 9.94. The van der Waals surface area contributed by atoms with Gasteiger partial charge in [0.05, 0.1) is 0 Å². The van der Waals surface area contributed by atoms with Crippen LogP contribution in [0.25, 0.3) is 0 Å². The summed E-state index contributed by atoms with van der Waals surface area (Å²) < 4.78 is 30.9. The lowest BCUT2D eigenvalue weighted by Crippen LogP contribution is -2.38. The number of rotatable bonds is 5. The number of amides is 1. The number of carbonyl (C=O) groups excluding carboxylic acids is 1. The summed E-state index contributed by atoms with van der Waals surface area (Å²) in [6.45, 7) is 6.66. The van der Waals surface area contributed by atoms with E-state index in [-0.39, 0.29) is 29.5 Å². The van der Waals surface area contributed by atoms with Crippen LogP contribution >= 0.6 is 11.9 Å². The molecule has 0 aliphatic carbocycles. The summed E-state index contributed by atoms with van der Waals surface area (Å²) in [6.07, 6.45) is 0.659. The third kappa shape index (κ3) is 4.68. The summed E-state index contributed by atoms with van der Waals surface area (Å²) in [7, 11) is 0. The van der Waals surface area contributed by atoms with Gasteiger partial charge in [0.1, 0.15) is 11.6 Å². The summed E-state index contributed by atoms with van der Waals surface area (Å²) in [6, 6.07) is 9.83. The summed E-state index contributed by atoms with van der Waals surface area (Å²) in [5, 5.41) is 0. The number of hydrogen-bond acceptors (Lipinski definition) is 3. The topological polar surface area (TPSA) is 32.3 Å². The molecule has 0 unspecified atom stereocenters. The van der Waals surface area contributed by atoms with E-state index >= 15 is 0 Å². The van der Waals surface area contributed by atoms with Crippen molar-refractivity contribution in [1.29, 1.82) is 0 Å². The van der Waals surface area contributed by atoms with Gasteiger partial charge in [0.25, 0.3) is 0 Å². The van der Waals surface area contributed by atoms with Gasteiger partial charge in [-0.1, -0.05) is 26.0 Å². The van der Waals surface area contributed by atoms with Crippen molar-refractivity contribution >= 4 is 17.9 Å². The molecule has 0 fully saturated rings. The Balaban J connectivity index is 1.68. The van der Waals surface area contributed by atoms with Gasteiger partial charge >= 0.3 is 0 Å². The molecule has 2 aromatic carbocycles. The van der Waals surface area contributed by atoms with Crippen LogP contribution in [-0.4, -0.2) is 17.4 Å². The Kier molecular flexibility index (Phi) is 6.17. The van der Waals surface area contributed by atoms with Gasteiger partial charge in [-0.25, -0.2) is 8.78 Å². The fourth-order valence-corrected chi connectivity index (χ4v) is 3.99. The Bertz CT molecular complexity index is 824. The Morgan fingerprint density at radius 2 is 1.85 bits per heavy atom. The normalized spacial score (nSPS) is 15.0. The third-order valence-corrected chi connectivity index (χ3v) is 5.73. The standard InChI is InChI=1S/C21H24F2N2OS/c1-13(2)21(26)25-9-8-16-10-18(11-20(23)19(16)12-25)27-24-14(3)15-4-6-17(22)7-5-15/h4-7,10-11,13-14,24H,8-9,12H2,1-3H3/t14-/m0/s1. The molecule has 6 heteroatoms. The number of nitrogens with one attached hydrogen (secondary N) is 1. The molecule has 1 aliphatic rings. The predicted octanol–water partition coefficient (Wildman–Crippen LogP) is 4.86. The molecule has 1 amide bonds. The maximum absolute atomic E-state index is 14.6. The van der Waals surface area contributed by atoms with Crippen molar-refractivity contribution in [2.24, 2.45) is 5.92 Å². The van der Waals surface area contributed by atoms with Crippen LogP contribution in [0.3, 0.4) is 0 Å². The summed E-state index contributed by atoms with van der Waals surface area (Å²) in [5.74, 6) is -0.553. The number of benzene rings is 2. The van der Waals surface area contributed by atoms with Gasteiger partial charge in [-0.05, 0) is 60.7 Å². The minimum Gasteiger partial charge on any atom is -0.338 e. The highest BCUT2D eigenvalue weighted by Crippen LogP contribution is 2.29. The third-order valence-electron chi connectivity index (χ3n) is 4.79. The number of hydrogen-bond donors (Lipinski definition) is 1. The molecule has 1 N–H and O–H groups in total. The monoisotopic (exact) mass is 390 g/mol. The van der Waals surface area contributed by atoms with Crippen LogP contribution < -0.4 is 4.72 Å². The zero-order chi connectivity index (χ0) is 19.6. The van der Waals surface area contributed by atoms with Gasteiger partial charge in [0, 0.05) is 35.5 Å². The molecule has 0 spiro atoms. The molecule has 0 bridgehead atoms. The van der Waals surface area contributed by atoms with E-state index in [1.54, 1.807) is 17.0 Å². The Labute approximate surface area is 163 Å². The van der Waals surface area contributed by atoms with Gasteiger partial charge < -0.3 is 4.90 Å². The lowest BCUT2D eigenvalue weighted by molar-refractivity contribution is -0.135. The number of halogens is 2. The predicted molar refractivity (Wildman–Crippen MR) is 104 cm³/mol. The average molecular weight is 390 g/mol. The van der Waals surface area contributed by atoms with Gasteiger partial charge in [0.15, 0.2) is 0 Å². The van der Waals surface area contributed by atoms with Gasteiger partial charge in [-0.3, -0.25) is 9.52 Å². The molecule has 144 valence electrons. The van der Waals surface area contributed by atoms with Gasteiger partial charge in [-0.15, -0.1) is 0 Å². The van der Waals surface area contributed by atoms with Crippen molar-refractivity contribution in [3.05, 3.63) is 64.7 Å². The van der Waals surface area contributed by atoms with Crippen LogP contribution in [0.4, 0.5) is 8.78 Å². The minimum absolute atomic E-state index is 0.00570. The molecule has 0 aromatic heterocycles. The second kappa shape index (κ2) is 8.40. The summed E-state index contributed by atoms with van der Waals surface area (Å²) in [5.41, 5.74) is 2.54. The molecule has 0 saturated carbocycles. The fourth-order valence-electron chi connectivity index (χ4n) is 3.18. The number of nitrogens with zero attached hydrogens (tertiary/aromatic N) is 1. The molecule has 1 atom stereocenters. The van der Waals surface area contributed by atoms with E-state index in [2.05, 4.69) is 4.72 Å². The van der Waals surface area contributed by atoms with Crippen molar-refractivity contribution in [3.63, 3.8) is 0 Å². The second-order valence-electron chi connectivity index (χ2n) is 7.20. The lowest BCUT2D eigenvalue weighted by Gasteiger charge is -2.30. The van der Waals surface area contributed by atoms with Gasteiger partial charge in [-0.2, -0.15) is 0 Å². The maximum atomic E-state index is 14.6. The van der Waals surface area contributed by atoms with E-state index in [9.17, 15) is 13.6 Å². The summed E-state index contributed by atoms with van der Waals surface area (Å²) >= 11 is 1.36.